The molecule has 0 aromatic heterocycles. The Morgan fingerprint density at radius 2 is 2.47 bits per heavy atom. The fourth-order valence-corrected chi connectivity index (χ4v) is 1.30. The largest absolute Gasteiger partial charge is 0.369 e. The van der Waals surface area contributed by atoms with Crippen LogP contribution in [0.1, 0.15) is 6.42 Å². The van der Waals surface area contributed by atoms with Gasteiger partial charge in [0.05, 0.1) is 18.6 Å². The number of rotatable bonds is 5. The smallest absolute Gasteiger partial charge is 0.294 e. The van der Waals surface area contributed by atoms with Crippen LogP contribution in [0.2, 0.25) is 0 Å². The van der Waals surface area contributed by atoms with Crippen LogP contribution in [0.3, 0.4) is 0 Å². The first-order valence-corrected chi connectivity index (χ1v) is 4.32. The minimum atomic E-state index is -0.954. The minimum Gasteiger partial charge on any atom is -0.369 e. The molecule has 1 aliphatic heterocycles. The number of hydrogen-bond donors (Lipinski definition) is 1. The van der Waals surface area contributed by atoms with Crippen molar-refractivity contribution in [3.63, 3.8) is 0 Å². The lowest BCUT2D eigenvalue weighted by atomic mass is 9.82. The van der Waals surface area contributed by atoms with E-state index in [1.54, 1.807) is 18.4 Å². The van der Waals surface area contributed by atoms with Crippen LogP contribution in [0.4, 0.5) is 0 Å². The molecule has 7 heteroatoms. The quantitative estimate of drug-likeness (QED) is 0.499. The highest BCUT2D eigenvalue weighted by Gasteiger charge is 2.34. The van der Waals surface area contributed by atoms with Crippen molar-refractivity contribution in [1.82, 2.24) is 0 Å². The van der Waals surface area contributed by atoms with E-state index in [-0.39, 0.29) is 19.6 Å². The second-order valence-corrected chi connectivity index (χ2v) is 3.18. The van der Waals surface area contributed by atoms with Crippen molar-refractivity contribution in [2.24, 2.45) is 16.1 Å². The molecule has 1 amide bonds. The molecule has 0 aliphatic carbocycles. The Balaban J connectivity index is 2.59. The van der Waals surface area contributed by atoms with Gasteiger partial charge in [-0.1, -0.05) is 6.08 Å². The SMILES string of the molecule is NC(=O)C1(CCO[N+](=O)[O-])C=CC=NC1. The number of carbonyl (C=O) groups excluding carboxylic acids is 1. The Kier molecular flexibility index (Phi) is 3.37. The molecule has 0 aromatic carbocycles. The highest BCUT2D eigenvalue weighted by atomic mass is 16.9. The summed E-state index contributed by atoms with van der Waals surface area (Å²) in [4.78, 5) is 29.2. The molecule has 2 N–H and O–H groups in total. The lowest BCUT2D eigenvalue weighted by Crippen LogP contribution is -2.40. The van der Waals surface area contributed by atoms with Crippen LogP contribution in [0, 0.1) is 15.5 Å². The second-order valence-electron chi connectivity index (χ2n) is 3.18. The van der Waals surface area contributed by atoms with Crippen molar-refractivity contribution in [3.8, 4) is 0 Å². The van der Waals surface area contributed by atoms with Gasteiger partial charge in [0, 0.05) is 6.21 Å². The van der Waals surface area contributed by atoms with Crippen LogP contribution in [0.5, 0.6) is 0 Å². The van der Waals surface area contributed by atoms with Gasteiger partial charge in [-0.2, -0.15) is 0 Å². The first-order chi connectivity index (χ1) is 7.07. The number of allylic oxidation sites excluding steroid dienone is 1. The average Bonchev–Trinajstić information content (AvgIpc) is 2.18. The summed E-state index contributed by atoms with van der Waals surface area (Å²) in [5, 5.41) is 9.04. The van der Waals surface area contributed by atoms with E-state index in [0.717, 1.165) is 0 Å². The van der Waals surface area contributed by atoms with Crippen LogP contribution >= 0.6 is 0 Å². The fourth-order valence-electron chi connectivity index (χ4n) is 1.30. The van der Waals surface area contributed by atoms with Gasteiger partial charge >= 0.3 is 0 Å². The van der Waals surface area contributed by atoms with Gasteiger partial charge in [-0.05, 0) is 12.5 Å². The highest BCUT2D eigenvalue weighted by Crippen LogP contribution is 2.26. The second kappa shape index (κ2) is 4.54. The van der Waals surface area contributed by atoms with Gasteiger partial charge in [-0.3, -0.25) is 9.79 Å². The summed E-state index contributed by atoms with van der Waals surface area (Å²) in [6.45, 7) is 0.0374. The Bertz CT molecular complexity index is 326. The standard InChI is InChI=1S/C8H11N3O4/c9-7(12)8(2-1-4-10-6-8)3-5-15-11(13)14/h1-2,4H,3,5-6H2,(H2,9,12). The number of amides is 1. The van der Waals surface area contributed by atoms with E-state index in [2.05, 4.69) is 9.83 Å². The molecule has 0 saturated carbocycles. The molecule has 0 bridgehead atoms. The Labute approximate surface area is 85.7 Å². The van der Waals surface area contributed by atoms with E-state index in [4.69, 9.17) is 5.73 Å². The van der Waals surface area contributed by atoms with Crippen molar-refractivity contribution in [1.29, 1.82) is 0 Å². The number of dihydropyridines is 1. The Morgan fingerprint density at radius 1 is 1.73 bits per heavy atom. The molecule has 82 valence electrons. The van der Waals surface area contributed by atoms with Gasteiger partial charge in [-0.15, -0.1) is 10.1 Å². The molecule has 1 aliphatic rings. The molecule has 1 heterocycles. The van der Waals surface area contributed by atoms with Gasteiger partial charge in [0.15, 0.2) is 0 Å². The van der Waals surface area contributed by atoms with E-state index >= 15 is 0 Å². The predicted octanol–water partition coefficient (Wildman–Crippen LogP) is -0.303. The van der Waals surface area contributed by atoms with Crippen LogP contribution in [-0.4, -0.2) is 30.4 Å². The van der Waals surface area contributed by atoms with E-state index in [1.807, 2.05) is 0 Å². The molecule has 0 aromatic rings. The van der Waals surface area contributed by atoms with Crippen molar-refractivity contribution in [3.05, 3.63) is 22.3 Å². The highest BCUT2D eigenvalue weighted by molar-refractivity contribution is 5.86. The molecular formula is C8H11N3O4. The molecule has 15 heavy (non-hydrogen) atoms. The van der Waals surface area contributed by atoms with Gasteiger partial charge in [0.2, 0.25) is 5.91 Å². The first kappa shape index (κ1) is 11.2. The summed E-state index contributed by atoms with van der Waals surface area (Å²) in [7, 11) is 0. The lowest BCUT2D eigenvalue weighted by molar-refractivity contribution is -0.758. The van der Waals surface area contributed by atoms with E-state index < -0.39 is 16.4 Å². The number of nitrogens with two attached hydrogens (primary N) is 1. The van der Waals surface area contributed by atoms with E-state index in [9.17, 15) is 14.9 Å². The molecular weight excluding hydrogens is 202 g/mol. The van der Waals surface area contributed by atoms with Crippen LogP contribution < -0.4 is 5.73 Å². The lowest BCUT2D eigenvalue weighted by Gasteiger charge is -2.26. The predicted molar refractivity (Wildman–Crippen MR) is 51.7 cm³/mol. The molecule has 0 radical (unpaired) electrons. The number of primary amides is 1. The molecule has 0 saturated heterocycles. The molecule has 0 spiro atoms. The summed E-state index contributed by atoms with van der Waals surface area (Å²) < 4.78 is 0. The summed E-state index contributed by atoms with van der Waals surface area (Å²) in [6, 6.07) is 0. The van der Waals surface area contributed by atoms with E-state index in [1.165, 1.54) is 0 Å². The molecule has 1 unspecified atom stereocenters. The zero-order chi connectivity index (χ0) is 11.3. The Morgan fingerprint density at radius 3 is 2.93 bits per heavy atom. The maximum Gasteiger partial charge on any atom is 0.294 e. The summed E-state index contributed by atoms with van der Waals surface area (Å²) in [5.41, 5.74) is 4.28. The van der Waals surface area contributed by atoms with Gasteiger partial charge in [-0.25, -0.2) is 0 Å². The van der Waals surface area contributed by atoms with Crippen LogP contribution in [0.15, 0.2) is 17.1 Å². The normalized spacial score (nSPS) is 23.7. The maximum absolute atomic E-state index is 11.2. The number of nitrogens with zero attached hydrogens (tertiary/aromatic N) is 2. The molecule has 1 rings (SSSR count). The van der Waals surface area contributed by atoms with Gasteiger partial charge in [0.1, 0.15) is 0 Å². The van der Waals surface area contributed by atoms with Crippen molar-refractivity contribution in [2.75, 3.05) is 13.2 Å². The van der Waals surface area contributed by atoms with Crippen molar-refractivity contribution < 1.29 is 14.7 Å². The summed E-state index contributed by atoms with van der Waals surface area (Å²) >= 11 is 0. The van der Waals surface area contributed by atoms with Gasteiger partial charge in [0.25, 0.3) is 5.09 Å². The fraction of sp³-hybridized carbons (Fsp3) is 0.500. The van der Waals surface area contributed by atoms with Crippen molar-refractivity contribution >= 4 is 12.1 Å². The molecule has 1 atom stereocenters. The monoisotopic (exact) mass is 213 g/mol. The zero-order valence-corrected chi connectivity index (χ0v) is 7.96. The first-order valence-electron chi connectivity index (χ1n) is 4.32. The zero-order valence-electron chi connectivity index (χ0n) is 7.96. The Hall–Kier alpha value is -1.92. The molecule has 0 fully saturated rings. The average molecular weight is 213 g/mol. The van der Waals surface area contributed by atoms with Gasteiger partial charge < -0.3 is 10.6 Å². The number of aliphatic imine (C=N–C) groups is 1. The third-order valence-electron chi connectivity index (χ3n) is 2.22. The summed E-state index contributed by atoms with van der Waals surface area (Å²) in [5.74, 6) is -0.553. The third kappa shape index (κ3) is 2.76. The number of hydrogen-bond acceptors (Lipinski definition) is 5. The minimum absolute atomic E-state index is 0.150. The molecule has 7 nitrogen and oxygen atoms in total. The van der Waals surface area contributed by atoms with Crippen molar-refractivity contribution in [2.45, 2.75) is 6.42 Å². The van der Waals surface area contributed by atoms with Crippen LogP contribution in [-0.2, 0) is 9.63 Å². The number of carbonyl (C=O) groups is 1. The summed E-state index contributed by atoms with van der Waals surface area (Å²) in [6.07, 6.45) is 4.90. The van der Waals surface area contributed by atoms with E-state index in [0.29, 0.717) is 0 Å². The third-order valence-corrected chi connectivity index (χ3v) is 2.22. The van der Waals surface area contributed by atoms with Crippen LogP contribution in [0.25, 0.3) is 0 Å². The topological polar surface area (TPSA) is 108 Å². The maximum atomic E-state index is 11.2.